The molecule has 1 unspecified atom stereocenters. The maximum Gasteiger partial charge on any atom is 0.287 e. The average molecular weight is 344 g/mol. The summed E-state index contributed by atoms with van der Waals surface area (Å²) in [7, 11) is 0. The zero-order chi connectivity index (χ0) is 17.8. The van der Waals surface area contributed by atoms with E-state index in [9.17, 15) is 9.59 Å². The Morgan fingerprint density at radius 1 is 1.36 bits per heavy atom. The number of hydrogen-bond acceptors (Lipinski definition) is 4. The van der Waals surface area contributed by atoms with Crippen molar-refractivity contribution in [2.45, 2.75) is 58.7 Å². The summed E-state index contributed by atoms with van der Waals surface area (Å²) in [6.07, 6.45) is 5.15. The van der Waals surface area contributed by atoms with Gasteiger partial charge in [0.15, 0.2) is 5.82 Å². The van der Waals surface area contributed by atoms with Gasteiger partial charge in [-0.05, 0) is 44.7 Å². The number of nitrogens with zero attached hydrogens (tertiary/aromatic N) is 2. The fraction of sp³-hybridized carbons (Fsp3) is 0.500. The van der Waals surface area contributed by atoms with Crippen LogP contribution < -0.4 is 10.6 Å². The highest BCUT2D eigenvalue weighted by molar-refractivity contribution is 5.97. The molecule has 1 aliphatic rings. The van der Waals surface area contributed by atoms with Crippen LogP contribution in [0.4, 0.5) is 0 Å². The Bertz CT molecular complexity index is 749. The summed E-state index contributed by atoms with van der Waals surface area (Å²) < 4.78 is 7.12. The topological polar surface area (TPSA) is 89.2 Å². The molecule has 2 aromatic heterocycles. The third-order valence-electron chi connectivity index (χ3n) is 4.53. The van der Waals surface area contributed by atoms with Gasteiger partial charge in [0.05, 0.1) is 18.5 Å². The number of imidazole rings is 1. The highest BCUT2D eigenvalue weighted by atomic mass is 16.3. The Hall–Kier alpha value is -2.57. The molecule has 0 saturated carbocycles. The molecule has 0 aromatic carbocycles. The van der Waals surface area contributed by atoms with Gasteiger partial charge in [-0.1, -0.05) is 6.92 Å². The summed E-state index contributed by atoms with van der Waals surface area (Å²) in [6, 6.07) is 3.64. The Morgan fingerprint density at radius 3 is 2.92 bits per heavy atom. The van der Waals surface area contributed by atoms with E-state index >= 15 is 0 Å². The molecule has 0 bridgehead atoms. The largest absolute Gasteiger partial charge is 0.467 e. The lowest BCUT2D eigenvalue weighted by Crippen LogP contribution is -2.34. The first kappa shape index (κ1) is 17.3. The summed E-state index contributed by atoms with van der Waals surface area (Å²) in [5.74, 6) is 0.515. The lowest BCUT2D eigenvalue weighted by Gasteiger charge is -2.18. The zero-order valence-corrected chi connectivity index (χ0v) is 14.7. The Kier molecular flexibility index (Phi) is 5.21. The van der Waals surface area contributed by atoms with E-state index in [4.69, 9.17) is 4.42 Å². The molecule has 3 heterocycles. The van der Waals surface area contributed by atoms with Gasteiger partial charge in [0.1, 0.15) is 11.5 Å². The Balaban J connectivity index is 1.81. The number of carbonyl (C=O) groups excluding carboxylic acids is 2. The maximum absolute atomic E-state index is 12.6. The number of nitrogens with one attached hydrogen (secondary N) is 2. The minimum Gasteiger partial charge on any atom is -0.467 e. The van der Waals surface area contributed by atoms with E-state index in [2.05, 4.69) is 15.6 Å². The highest BCUT2D eigenvalue weighted by Gasteiger charge is 2.27. The van der Waals surface area contributed by atoms with Crippen LogP contribution in [0.5, 0.6) is 0 Å². The third kappa shape index (κ3) is 3.75. The molecule has 2 N–H and O–H groups in total. The predicted octanol–water partition coefficient (Wildman–Crippen LogP) is 2.27. The molecule has 7 nitrogen and oxygen atoms in total. The van der Waals surface area contributed by atoms with Crippen LogP contribution in [0.15, 0.2) is 22.8 Å². The van der Waals surface area contributed by atoms with Gasteiger partial charge in [0.25, 0.3) is 11.8 Å². The van der Waals surface area contributed by atoms with Crippen LogP contribution in [0.3, 0.4) is 0 Å². The van der Waals surface area contributed by atoms with E-state index in [1.807, 2.05) is 18.4 Å². The van der Waals surface area contributed by atoms with Gasteiger partial charge in [-0.3, -0.25) is 9.59 Å². The molecular formula is C18H24N4O3. The van der Waals surface area contributed by atoms with Crippen LogP contribution in [0.1, 0.15) is 65.7 Å². The fourth-order valence-corrected chi connectivity index (χ4v) is 2.95. The molecule has 25 heavy (non-hydrogen) atoms. The second kappa shape index (κ2) is 7.55. The first-order valence-electron chi connectivity index (χ1n) is 8.81. The molecule has 2 amide bonds. The second-order valence-corrected chi connectivity index (χ2v) is 6.38. The number of hydrogen-bond donors (Lipinski definition) is 2. The molecular weight excluding hydrogens is 320 g/mol. The van der Waals surface area contributed by atoms with Crippen molar-refractivity contribution in [1.29, 1.82) is 0 Å². The summed E-state index contributed by atoms with van der Waals surface area (Å²) in [5, 5.41) is 5.75. The molecule has 0 radical (unpaired) electrons. The summed E-state index contributed by atoms with van der Waals surface area (Å²) >= 11 is 0. The molecule has 0 spiro atoms. The van der Waals surface area contributed by atoms with Crippen molar-refractivity contribution in [2.75, 3.05) is 0 Å². The van der Waals surface area contributed by atoms with Crippen molar-refractivity contribution >= 4 is 11.8 Å². The van der Waals surface area contributed by atoms with Gasteiger partial charge in [0.2, 0.25) is 0 Å². The quantitative estimate of drug-likeness (QED) is 0.841. The third-order valence-corrected chi connectivity index (χ3v) is 4.53. The van der Waals surface area contributed by atoms with E-state index in [1.165, 1.54) is 0 Å². The first-order chi connectivity index (χ1) is 12.1. The van der Waals surface area contributed by atoms with Crippen LogP contribution in [0, 0.1) is 0 Å². The van der Waals surface area contributed by atoms with Crippen molar-refractivity contribution in [3.63, 3.8) is 0 Å². The van der Waals surface area contributed by atoms with E-state index < -0.39 is 0 Å². The van der Waals surface area contributed by atoms with Gasteiger partial charge >= 0.3 is 0 Å². The van der Waals surface area contributed by atoms with Crippen molar-refractivity contribution in [3.05, 3.63) is 41.4 Å². The van der Waals surface area contributed by atoms with Gasteiger partial charge < -0.3 is 19.6 Å². The lowest BCUT2D eigenvalue weighted by molar-refractivity contribution is 0.0923. The molecule has 2 aromatic rings. The highest BCUT2D eigenvalue weighted by Crippen LogP contribution is 2.21. The minimum absolute atomic E-state index is 0.0697. The molecule has 3 rings (SSSR count). The first-order valence-corrected chi connectivity index (χ1v) is 8.81. The summed E-state index contributed by atoms with van der Waals surface area (Å²) in [5.41, 5.74) is 1.19. The van der Waals surface area contributed by atoms with Crippen LogP contribution in [-0.4, -0.2) is 27.4 Å². The number of carbonyl (C=O) groups is 2. The van der Waals surface area contributed by atoms with Gasteiger partial charge in [-0.25, -0.2) is 4.98 Å². The minimum atomic E-state index is -0.273. The van der Waals surface area contributed by atoms with E-state index in [0.717, 1.165) is 37.9 Å². The number of aromatic nitrogens is 2. The van der Waals surface area contributed by atoms with Crippen LogP contribution in [-0.2, 0) is 19.5 Å². The Morgan fingerprint density at radius 2 is 2.20 bits per heavy atom. The molecule has 0 fully saturated rings. The normalized spacial score (nSPS) is 14.6. The number of furan rings is 1. The van der Waals surface area contributed by atoms with E-state index in [1.54, 1.807) is 18.4 Å². The Labute approximate surface area is 146 Å². The van der Waals surface area contributed by atoms with Crippen molar-refractivity contribution in [2.24, 2.45) is 0 Å². The van der Waals surface area contributed by atoms with Crippen molar-refractivity contribution in [1.82, 2.24) is 20.2 Å². The SMILES string of the molecule is CCC(C)NC(=O)c1nc(C(=O)NCc2ccco2)c2n1CCCC2. The van der Waals surface area contributed by atoms with Crippen LogP contribution in [0.2, 0.25) is 0 Å². The standard InChI is InChI=1S/C18H24N4O3/c1-3-12(2)20-18(24)16-21-15(14-8-4-5-9-22(14)16)17(23)19-11-13-7-6-10-25-13/h6-7,10,12H,3-5,8-9,11H2,1-2H3,(H,19,23)(H,20,24). The summed E-state index contributed by atoms with van der Waals surface area (Å²) in [6.45, 7) is 4.98. The van der Waals surface area contributed by atoms with E-state index in [-0.39, 0.29) is 17.9 Å². The molecule has 7 heteroatoms. The molecule has 1 aliphatic heterocycles. The predicted molar refractivity (Wildman–Crippen MR) is 92.3 cm³/mol. The number of fused-ring (bicyclic) bond motifs is 1. The molecule has 1 atom stereocenters. The molecule has 134 valence electrons. The van der Waals surface area contributed by atoms with Crippen LogP contribution in [0.25, 0.3) is 0 Å². The van der Waals surface area contributed by atoms with Crippen molar-refractivity contribution < 1.29 is 14.0 Å². The summed E-state index contributed by atoms with van der Waals surface area (Å²) in [4.78, 5) is 29.5. The smallest absolute Gasteiger partial charge is 0.287 e. The second-order valence-electron chi connectivity index (χ2n) is 6.38. The maximum atomic E-state index is 12.6. The fourth-order valence-electron chi connectivity index (χ4n) is 2.95. The number of rotatable bonds is 6. The number of amides is 2. The van der Waals surface area contributed by atoms with Gasteiger partial charge in [0, 0.05) is 12.6 Å². The molecule has 0 aliphatic carbocycles. The lowest BCUT2D eigenvalue weighted by atomic mass is 10.1. The van der Waals surface area contributed by atoms with Gasteiger partial charge in [-0.2, -0.15) is 0 Å². The van der Waals surface area contributed by atoms with Crippen molar-refractivity contribution in [3.8, 4) is 0 Å². The van der Waals surface area contributed by atoms with Gasteiger partial charge in [-0.15, -0.1) is 0 Å². The average Bonchev–Trinajstić information content (AvgIpc) is 3.27. The van der Waals surface area contributed by atoms with E-state index in [0.29, 0.717) is 23.8 Å². The molecule has 0 saturated heterocycles. The van der Waals surface area contributed by atoms with Crippen LogP contribution >= 0.6 is 0 Å². The monoisotopic (exact) mass is 344 g/mol. The zero-order valence-electron chi connectivity index (χ0n) is 14.7.